The molecule has 6 heavy (non-hydrogen) atoms. The van der Waals surface area contributed by atoms with Crippen molar-refractivity contribution in [1.82, 2.24) is 0 Å². The van der Waals surface area contributed by atoms with Crippen molar-refractivity contribution in [2.24, 2.45) is 0 Å². The van der Waals surface area contributed by atoms with E-state index < -0.39 is 0 Å². The molecule has 0 aromatic rings. The van der Waals surface area contributed by atoms with E-state index in [4.69, 9.17) is 0 Å². The Morgan fingerprint density at radius 1 is 1.00 bits per heavy atom. The average Bonchev–Trinajstić information content (AvgIpc) is 0. The van der Waals surface area contributed by atoms with Crippen molar-refractivity contribution in [1.29, 1.82) is 0 Å². The van der Waals surface area contributed by atoms with Crippen LogP contribution in [0.25, 0.3) is 0 Å². The van der Waals surface area contributed by atoms with E-state index in [2.05, 4.69) is 0 Å². The van der Waals surface area contributed by atoms with Gasteiger partial charge in [-0.1, -0.05) is 0 Å². The minimum atomic E-state index is 0. The third-order valence-corrected chi connectivity index (χ3v) is 0. The Hall–Kier alpha value is 1.76. The molecule has 0 aliphatic carbocycles. The largest absolute Gasteiger partial charge is 0 e. The fraction of sp³-hybridized carbons (Fsp3) is 0. The average molecular weight is 190 g/mol. The van der Waals surface area contributed by atoms with Crippen LogP contribution in [0, 0.1) is 7.43 Å². The van der Waals surface area contributed by atoms with E-state index in [1.807, 2.05) is 0 Å². The van der Waals surface area contributed by atoms with Gasteiger partial charge in [0.2, 0.25) is 0 Å². The van der Waals surface area contributed by atoms with E-state index >= 15 is 0 Å². The van der Waals surface area contributed by atoms with E-state index in [-0.39, 0.29) is 71.1 Å². The molecule has 0 nitrogen and oxygen atoms in total. The van der Waals surface area contributed by atoms with Crippen molar-refractivity contribution in [3.05, 3.63) is 7.43 Å². The summed E-state index contributed by atoms with van der Waals surface area (Å²) in [6.45, 7) is 0. The van der Waals surface area contributed by atoms with Crippen LogP contribution < -0.4 is 0 Å². The predicted molar refractivity (Wildman–Crippen MR) is 21.7 cm³/mol. The molecular formula is CBCrFePSi. The van der Waals surface area contributed by atoms with Crippen LogP contribution in [0.4, 0.5) is 0 Å². The molecule has 0 spiro atoms. The Bertz CT molecular complexity index is 15.5. The van der Waals surface area contributed by atoms with Gasteiger partial charge in [0.25, 0.3) is 0 Å². The summed E-state index contributed by atoms with van der Waals surface area (Å²) in [6.07, 6.45) is 0. The van der Waals surface area contributed by atoms with Gasteiger partial charge in [-0.15, -0.1) is 0 Å². The number of hydrogen-bond donors (Lipinski definition) is 0. The second-order valence-electron chi connectivity index (χ2n) is 0. The molecule has 5 heteroatoms. The third-order valence-electron chi connectivity index (χ3n) is 0. The van der Waals surface area contributed by atoms with Gasteiger partial charge in [0, 0.05) is 71.1 Å². The van der Waals surface area contributed by atoms with Gasteiger partial charge in [0.05, 0.1) is 0 Å². The first-order valence-corrected chi connectivity index (χ1v) is 0. The van der Waals surface area contributed by atoms with E-state index in [1.165, 1.54) is 0 Å². The summed E-state index contributed by atoms with van der Waals surface area (Å²) < 4.78 is 0. The smallest absolute Gasteiger partial charge is 0 e. The van der Waals surface area contributed by atoms with Crippen molar-refractivity contribution >= 4 is 29.3 Å². The summed E-state index contributed by atoms with van der Waals surface area (Å²) in [5.74, 6) is 0. The summed E-state index contributed by atoms with van der Waals surface area (Å²) in [4.78, 5) is 0. The third kappa shape index (κ3) is 42.0. The zero-order chi connectivity index (χ0) is 0. The fourth-order valence-electron chi connectivity index (χ4n) is 0. The molecule has 0 aromatic heterocycles. The SMILES string of the molecule is [B].[C].[Cr].[Fe].[P].[Si]. The summed E-state index contributed by atoms with van der Waals surface area (Å²) in [5, 5.41) is 0. The maximum absolute atomic E-state index is 0. The van der Waals surface area contributed by atoms with E-state index in [0.717, 1.165) is 0 Å². The molecule has 0 bridgehead atoms. The molecule has 0 rings (SSSR count). The van der Waals surface area contributed by atoms with Crippen LogP contribution in [0.3, 0.4) is 0 Å². The second kappa shape index (κ2) is 72.2. The van der Waals surface area contributed by atoms with Gasteiger partial charge in [-0.05, 0) is 0 Å². The molecule has 0 aliphatic heterocycles. The Balaban J connectivity index is 0. The Labute approximate surface area is 71.1 Å². The maximum atomic E-state index is 0. The molecule has 0 fully saturated rings. The topological polar surface area (TPSA) is 0 Å². The van der Waals surface area contributed by atoms with Crippen LogP contribution in [0.1, 0.15) is 0 Å². The zero-order valence-corrected chi connectivity index (χ0v) is 7.06. The van der Waals surface area contributed by atoms with E-state index in [9.17, 15) is 0 Å². The Kier molecular flexibility index (Phi) is 1370. The van der Waals surface area contributed by atoms with Crippen molar-refractivity contribution < 1.29 is 34.4 Å². The molecule has 0 saturated heterocycles. The van der Waals surface area contributed by atoms with Gasteiger partial charge >= 0.3 is 0 Å². The van der Waals surface area contributed by atoms with E-state index in [0.29, 0.717) is 0 Å². The first-order chi connectivity index (χ1) is 0. The minimum Gasteiger partial charge on any atom is 0 e. The summed E-state index contributed by atoms with van der Waals surface area (Å²) in [5.41, 5.74) is 0. The van der Waals surface area contributed by atoms with Crippen molar-refractivity contribution in [2.75, 3.05) is 0 Å². The van der Waals surface area contributed by atoms with Crippen LogP contribution in [-0.4, -0.2) is 19.4 Å². The predicted octanol–water partition coefficient (Wildman–Crippen LogP) is 0.176. The molecule has 0 unspecified atom stereocenters. The molecule has 0 aromatic carbocycles. The normalized spacial score (nSPS) is 0. The molecule has 0 atom stereocenters. The summed E-state index contributed by atoms with van der Waals surface area (Å²) in [6, 6.07) is 0. The molecule has 30 valence electrons. The summed E-state index contributed by atoms with van der Waals surface area (Å²) >= 11 is 0. The number of rotatable bonds is 0. The van der Waals surface area contributed by atoms with Crippen LogP contribution in [-0.2, 0) is 34.4 Å². The molecule has 0 amide bonds. The molecule has 0 saturated carbocycles. The standard InChI is InChI=1S/C.B.Cr.Fe.P.Si. The van der Waals surface area contributed by atoms with Crippen LogP contribution in [0.2, 0.25) is 0 Å². The minimum absolute atomic E-state index is 0. The monoisotopic (exact) mass is 190 g/mol. The zero-order valence-electron chi connectivity index (χ0n) is 2.79. The molecule has 0 N–H and O–H groups in total. The molecule has 14 radical (unpaired) electrons. The Morgan fingerprint density at radius 3 is 1.00 bits per heavy atom. The summed E-state index contributed by atoms with van der Waals surface area (Å²) in [7, 11) is 0. The van der Waals surface area contributed by atoms with Gasteiger partial charge in [-0.3, -0.25) is 0 Å². The van der Waals surface area contributed by atoms with Crippen LogP contribution in [0.5, 0.6) is 0 Å². The van der Waals surface area contributed by atoms with Gasteiger partial charge in [-0.2, -0.15) is 0 Å². The molecule has 0 heterocycles. The quantitative estimate of drug-likeness (QED) is 0.377. The van der Waals surface area contributed by atoms with E-state index in [1.54, 1.807) is 0 Å². The van der Waals surface area contributed by atoms with Gasteiger partial charge < -0.3 is 0 Å². The van der Waals surface area contributed by atoms with Gasteiger partial charge in [0.15, 0.2) is 0 Å². The second-order valence-corrected chi connectivity index (χ2v) is 0. The molecule has 0 aliphatic rings. The molecular weight excluding hydrogens is 190 g/mol. The van der Waals surface area contributed by atoms with Crippen molar-refractivity contribution in [3.8, 4) is 0 Å². The number of hydrogen-bond acceptors (Lipinski definition) is 0. The van der Waals surface area contributed by atoms with Crippen molar-refractivity contribution in [2.45, 2.75) is 0 Å². The van der Waals surface area contributed by atoms with Gasteiger partial charge in [0.1, 0.15) is 0 Å². The maximum Gasteiger partial charge on any atom is 0 e. The van der Waals surface area contributed by atoms with Gasteiger partial charge in [-0.25, -0.2) is 0 Å². The first-order valence-electron chi connectivity index (χ1n) is 0. The van der Waals surface area contributed by atoms with Crippen LogP contribution >= 0.6 is 9.90 Å². The van der Waals surface area contributed by atoms with Crippen molar-refractivity contribution in [3.63, 3.8) is 0 Å². The van der Waals surface area contributed by atoms with Crippen LogP contribution in [0.15, 0.2) is 0 Å². The Morgan fingerprint density at radius 2 is 1.00 bits per heavy atom. The first kappa shape index (κ1) is 114. The fourth-order valence-corrected chi connectivity index (χ4v) is 0.